The molecule has 1 atom stereocenters. The Hall–Kier alpha value is -4.50. The lowest BCUT2D eigenvalue weighted by atomic mass is 9.91. The molecule has 2 N–H and O–H groups in total. The summed E-state index contributed by atoms with van der Waals surface area (Å²) in [6.07, 6.45) is -0.0857. The number of nitrogens with zero attached hydrogens (tertiary/aromatic N) is 1. The number of carbonyl (C=O) groups excluding carboxylic acids is 1. The molecule has 1 saturated carbocycles. The molecular weight excluding hydrogens is 536 g/mol. The minimum absolute atomic E-state index is 0.0324. The van der Waals surface area contributed by atoms with Gasteiger partial charge < -0.3 is 23.8 Å². The third-order valence-corrected chi connectivity index (χ3v) is 7.71. The van der Waals surface area contributed by atoms with Crippen molar-refractivity contribution in [1.82, 2.24) is 5.16 Å². The average molecular weight is 561 g/mol. The van der Waals surface area contributed by atoms with E-state index in [-0.39, 0.29) is 6.79 Å². The molecule has 0 saturated heterocycles. The summed E-state index contributed by atoms with van der Waals surface area (Å²) in [5, 5.41) is 17.0. The smallest absolute Gasteiger partial charge is 0.412 e. The van der Waals surface area contributed by atoms with E-state index in [9.17, 15) is 14.7 Å². The predicted octanol–water partition coefficient (Wildman–Crippen LogP) is 7.13. The summed E-state index contributed by atoms with van der Waals surface area (Å²) < 4.78 is 22.6. The maximum atomic E-state index is 12.7. The molecule has 204 valence electrons. The Kier molecular flexibility index (Phi) is 6.38. The molecule has 2 aliphatic rings. The van der Waals surface area contributed by atoms with Crippen molar-refractivity contribution >= 4 is 29.4 Å². The van der Waals surface area contributed by atoms with Gasteiger partial charge in [-0.1, -0.05) is 71.4 Å². The number of hydrogen-bond donors (Lipinski definition) is 2. The van der Waals surface area contributed by atoms with Crippen LogP contribution in [0.5, 0.6) is 11.5 Å². The van der Waals surface area contributed by atoms with E-state index in [4.69, 9.17) is 30.3 Å². The number of aliphatic carboxylic acids is 1. The number of aryl methyl sites for hydroxylation is 1. The first-order chi connectivity index (χ1) is 19.3. The fourth-order valence-corrected chi connectivity index (χ4v) is 5.29. The van der Waals surface area contributed by atoms with Crippen LogP contribution in [0.1, 0.15) is 42.7 Å². The van der Waals surface area contributed by atoms with Crippen LogP contribution in [0.3, 0.4) is 0 Å². The number of anilines is 1. The standard InChI is InChI=1S/C30H25ClN2O7/c1-16-24(32-29(36)39-17(2)20-5-3-4-6-23(20)31)25(40-33-16)19-9-7-18(8-10-19)21-11-12-22(27-26(21)37-15-38-27)30(13-14-30)28(34)35/h3-12,17H,13-15H2,1-2H3,(H,32,36)(H,34,35). The highest BCUT2D eigenvalue weighted by atomic mass is 35.5. The SMILES string of the molecule is Cc1noc(-c2ccc(-c3ccc(C4(C(=O)O)CC4)c4c3OCO4)cc2)c1NC(=O)OC(C)c1ccccc1Cl. The van der Waals surface area contributed by atoms with Gasteiger partial charge in [-0.15, -0.1) is 0 Å². The van der Waals surface area contributed by atoms with Gasteiger partial charge in [0.15, 0.2) is 17.3 Å². The molecule has 10 heteroatoms. The van der Waals surface area contributed by atoms with Gasteiger partial charge in [0.2, 0.25) is 6.79 Å². The van der Waals surface area contributed by atoms with Crippen LogP contribution in [-0.2, 0) is 14.9 Å². The number of ether oxygens (including phenoxy) is 3. The third kappa shape index (κ3) is 4.42. The topological polar surface area (TPSA) is 120 Å². The normalized spacial score (nSPS) is 15.4. The Balaban J connectivity index is 1.23. The summed E-state index contributed by atoms with van der Waals surface area (Å²) in [6.45, 7) is 3.50. The van der Waals surface area contributed by atoms with E-state index in [2.05, 4.69) is 10.5 Å². The fraction of sp³-hybridized carbons (Fsp3) is 0.233. The molecule has 1 aliphatic carbocycles. The lowest BCUT2D eigenvalue weighted by Gasteiger charge is -2.16. The van der Waals surface area contributed by atoms with E-state index < -0.39 is 23.6 Å². The highest BCUT2D eigenvalue weighted by Crippen LogP contribution is 2.56. The molecule has 3 aromatic carbocycles. The molecule has 1 amide bonds. The summed E-state index contributed by atoms with van der Waals surface area (Å²) in [7, 11) is 0. The van der Waals surface area contributed by atoms with Gasteiger partial charge in [0.05, 0.1) is 5.41 Å². The Morgan fingerprint density at radius 1 is 1.02 bits per heavy atom. The minimum atomic E-state index is -0.903. The van der Waals surface area contributed by atoms with Gasteiger partial charge >= 0.3 is 12.1 Å². The zero-order valence-electron chi connectivity index (χ0n) is 21.7. The number of amides is 1. The second-order valence-electron chi connectivity index (χ2n) is 9.86. The van der Waals surface area contributed by atoms with Gasteiger partial charge in [-0.25, -0.2) is 4.79 Å². The highest BCUT2D eigenvalue weighted by molar-refractivity contribution is 6.31. The van der Waals surface area contributed by atoms with Gasteiger partial charge in [-0.2, -0.15) is 0 Å². The van der Waals surface area contributed by atoms with Crippen molar-refractivity contribution < 1.29 is 33.4 Å². The van der Waals surface area contributed by atoms with E-state index >= 15 is 0 Å². The fourth-order valence-electron chi connectivity index (χ4n) is 5.00. The van der Waals surface area contributed by atoms with Gasteiger partial charge in [0, 0.05) is 27.3 Å². The van der Waals surface area contributed by atoms with Gasteiger partial charge in [-0.3, -0.25) is 10.1 Å². The van der Waals surface area contributed by atoms with Crippen molar-refractivity contribution in [2.45, 2.75) is 38.2 Å². The zero-order valence-corrected chi connectivity index (χ0v) is 22.4. The van der Waals surface area contributed by atoms with Crippen LogP contribution in [0.15, 0.2) is 65.2 Å². The number of benzene rings is 3. The molecule has 1 unspecified atom stereocenters. The first-order valence-electron chi connectivity index (χ1n) is 12.7. The predicted molar refractivity (Wildman–Crippen MR) is 147 cm³/mol. The Bertz CT molecular complexity index is 1630. The van der Waals surface area contributed by atoms with Crippen molar-refractivity contribution in [2.75, 3.05) is 12.1 Å². The number of rotatable bonds is 7. The molecule has 0 bridgehead atoms. The number of aromatic nitrogens is 1. The molecule has 1 aromatic heterocycles. The lowest BCUT2D eigenvalue weighted by molar-refractivity contribution is -0.140. The molecule has 0 radical (unpaired) electrons. The monoisotopic (exact) mass is 560 g/mol. The maximum absolute atomic E-state index is 12.7. The van der Waals surface area contributed by atoms with Crippen LogP contribution in [-0.4, -0.2) is 29.1 Å². The number of nitrogens with one attached hydrogen (secondary N) is 1. The average Bonchev–Trinajstić information content (AvgIpc) is 3.47. The number of carboxylic acid groups (broad SMARTS) is 1. The van der Waals surface area contributed by atoms with E-state index in [1.807, 2.05) is 48.5 Å². The largest absolute Gasteiger partial charge is 0.481 e. The quantitative estimate of drug-likeness (QED) is 0.245. The summed E-state index contributed by atoms with van der Waals surface area (Å²) in [4.78, 5) is 24.6. The molecule has 0 spiro atoms. The number of carbonyl (C=O) groups is 2. The number of fused-ring (bicyclic) bond motifs is 1. The molecular formula is C30H25ClN2O7. The number of halogens is 1. The summed E-state index contributed by atoms with van der Waals surface area (Å²) in [6, 6.07) is 18.3. The maximum Gasteiger partial charge on any atom is 0.412 e. The van der Waals surface area contributed by atoms with Crippen molar-refractivity contribution in [3.63, 3.8) is 0 Å². The second-order valence-corrected chi connectivity index (χ2v) is 10.3. The molecule has 2 heterocycles. The second kappa shape index (κ2) is 9.91. The third-order valence-electron chi connectivity index (χ3n) is 7.37. The van der Waals surface area contributed by atoms with Gasteiger partial charge in [-0.05, 0) is 38.3 Å². The molecule has 40 heavy (non-hydrogen) atoms. The minimum Gasteiger partial charge on any atom is -0.481 e. The van der Waals surface area contributed by atoms with Crippen LogP contribution in [0.2, 0.25) is 5.02 Å². The molecule has 1 aliphatic heterocycles. The molecule has 6 rings (SSSR count). The lowest BCUT2D eigenvalue weighted by Crippen LogP contribution is -2.20. The zero-order chi connectivity index (χ0) is 28.0. The Labute approximate surface area is 234 Å². The molecule has 1 fully saturated rings. The van der Waals surface area contributed by atoms with Crippen molar-refractivity contribution in [3.05, 3.63) is 82.5 Å². The Morgan fingerprint density at radius 3 is 2.42 bits per heavy atom. The van der Waals surface area contributed by atoms with E-state index in [0.29, 0.717) is 63.2 Å². The summed E-state index contributed by atoms with van der Waals surface area (Å²) in [5.74, 6) is 0.550. The van der Waals surface area contributed by atoms with E-state index in [1.54, 1.807) is 26.0 Å². The first kappa shape index (κ1) is 25.8. The van der Waals surface area contributed by atoms with Gasteiger partial charge in [0.1, 0.15) is 17.5 Å². The molecule has 4 aromatic rings. The van der Waals surface area contributed by atoms with Crippen LogP contribution in [0, 0.1) is 6.92 Å². The summed E-state index contributed by atoms with van der Waals surface area (Å²) >= 11 is 6.23. The van der Waals surface area contributed by atoms with Crippen LogP contribution in [0.4, 0.5) is 10.5 Å². The Morgan fingerprint density at radius 2 is 1.73 bits per heavy atom. The van der Waals surface area contributed by atoms with Crippen molar-refractivity contribution in [2.24, 2.45) is 0 Å². The highest BCUT2D eigenvalue weighted by Gasteiger charge is 2.54. The van der Waals surface area contributed by atoms with E-state index in [0.717, 1.165) is 11.1 Å². The number of carboxylic acids is 1. The van der Waals surface area contributed by atoms with E-state index in [1.165, 1.54) is 0 Å². The van der Waals surface area contributed by atoms with Crippen LogP contribution < -0.4 is 14.8 Å². The first-order valence-corrected chi connectivity index (χ1v) is 13.1. The van der Waals surface area contributed by atoms with Crippen LogP contribution >= 0.6 is 11.6 Å². The number of hydrogen-bond acceptors (Lipinski definition) is 7. The molecule has 9 nitrogen and oxygen atoms in total. The van der Waals surface area contributed by atoms with Crippen LogP contribution in [0.25, 0.3) is 22.5 Å². The van der Waals surface area contributed by atoms with Gasteiger partial charge in [0.25, 0.3) is 0 Å². The van der Waals surface area contributed by atoms with Crippen molar-refractivity contribution in [1.29, 1.82) is 0 Å². The summed E-state index contributed by atoms with van der Waals surface area (Å²) in [5.41, 5.74) is 3.65. The van der Waals surface area contributed by atoms with Crippen molar-refractivity contribution in [3.8, 4) is 33.9 Å².